The standard InChI is InChI=1S/C12H22O8/c1-15-7(9(17-3)11(13)19-5)8(16-2)10(18-4)12(14)20-6/h7-10H,1-6H3/t7-,8?,9+,10?/m1/s1. The van der Waals surface area contributed by atoms with Crippen LogP contribution in [0.4, 0.5) is 0 Å². The molecule has 0 aliphatic heterocycles. The van der Waals surface area contributed by atoms with Gasteiger partial charge in [0.2, 0.25) is 0 Å². The van der Waals surface area contributed by atoms with E-state index in [4.69, 9.17) is 18.9 Å². The van der Waals surface area contributed by atoms with Crippen LogP contribution in [0.3, 0.4) is 0 Å². The van der Waals surface area contributed by atoms with E-state index in [0.29, 0.717) is 0 Å². The van der Waals surface area contributed by atoms with E-state index in [1.807, 2.05) is 0 Å². The first-order chi connectivity index (χ1) is 9.51. The SMILES string of the molecule is COC(=O)C(OC)C(OC)[C@@H](OC)[C@H](OC)C(=O)OC. The number of methoxy groups -OCH3 is 6. The van der Waals surface area contributed by atoms with E-state index in [-0.39, 0.29) is 0 Å². The van der Waals surface area contributed by atoms with Gasteiger partial charge in [0.1, 0.15) is 12.2 Å². The van der Waals surface area contributed by atoms with Crippen molar-refractivity contribution in [2.24, 2.45) is 0 Å². The molecule has 2 unspecified atom stereocenters. The van der Waals surface area contributed by atoms with Gasteiger partial charge in [-0.25, -0.2) is 9.59 Å². The molecule has 0 aromatic rings. The largest absolute Gasteiger partial charge is 0.467 e. The van der Waals surface area contributed by atoms with Gasteiger partial charge in [0.05, 0.1) is 14.2 Å². The van der Waals surface area contributed by atoms with Gasteiger partial charge in [-0.3, -0.25) is 0 Å². The maximum absolute atomic E-state index is 11.7. The van der Waals surface area contributed by atoms with E-state index in [1.165, 1.54) is 42.7 Å². The number of hydrogen-bond acceptors (Lipinski definition) is 8. The summed E-state index contributed by atoms with van der Waals surface area (Å²) in [6, 6.07) is 0. The number of carbonyl (C=O) groups is 2. The molecular weight excluding hydrogens is 272 g/mol. The summed E-state index contributed by atoms with van der Waals surface area (Å²) in [4.78, 5) is 23.3. The zero-order valence-electron chi connectivity index (χ0n) is 12.6. The van der Waals surface area contributed by atoms with Gasteiger partial charge in [0, 0.05) is 28.4 Å². The van der Waals surface area contributed by atoms with Crippen LogP contribution in [0.2, 0.25) is 0 Å². The molecule has 0 saturated heterocycles. The smallest absolute Gasteiger partial charge is 0.337 e. The van der Waals surface area contributed by atoms with Gasteiger partial charge in [0.15, 0.2) is 12.2 Å². The number of hydrogen-bond donors (Lipinski definition) is 0. The van der Waals surface area contributed by atoms with Gasteiger partial charge < -0.3 is 28.4 Å². The molecule has 20 heavy (non-hydrogen) atoms. The molecule has 8 heteroatoms. The van der Waals surface area contributed by atoms with Crippen LogP contribution < -0.4 is 0 Å². The lowest BCUT2D eigenvalue weighted by molar-refractivity contribution is -0.189. The lowest BCUT2D eigenvalue weighted by Crippen LogP contribution is -2.53. The number of ether oxygens (including phenoxy) is 6. The van der Waals surface area contributed by atoms with Crippen LogP contribution >= 0.6 is 0 Å². The fourth-order valence-electron chi connectivity index (χ4n) is 1.82. The van der Waals surface area contributed by atoms with Crippen molar-refractivity contribution in [3.8, 4) is 0 Å². The number of carbonyl (C=O) groups excluding carboxylic acids is 2. The Kier molecular flexibility index (Phi) is 9.06. The van der Waals surface area contributed by atoms with Crippen molar-refractivity contribution in [2.75, 3.05) is 42.7 Å². The quantitative estimate of drug-likeness (QED) is 0.520. The van der Waals surface area contributed by atoms with Gasteiger partial charge in [-0.15, -0.1) is 0 Å². The van der Waals surface area contributed by atoms with Gasteiger partial charge in [-0.2, -0.15) is 0 Å². The summed E-state index contributed by atoms with van der Waals surface area (Å²) in [6.45, 7) is 0. The molecule has 0 aromatic carbocycles. The third kappa shape index (κ3) is 4.41. The first kappa shape index (κ1) is 18.8. The molecule has 0 rings (SSSR count). The van der Waals surface area contributed by atoms with E-state index < -0.39 is 36.4 Å². The average Bonchev–Trinajstić information content (AvgIpc) is 2.49. The highest BCUT2D eigenvalue weighted by Crippen LogP contribution is 2.18. The summed E-state index contributed by atoms with van der Waals surface area (Å²) in [5.41, 5.74) is 0. The van der Waals surface area contributed by atoms with Crippen molar-refractivity contribution in [2.45, 2.75) is 24.4 Å². The first-order valence-corrected chi connectivity index (χ1v) is 5.79. The van der Waals surface area contributed by atoms with Crippen LogP contribution in [0.5, 0.6) is 0 Å². The fraction of sp³-hybridized carbons (Fsp3) is 0.833. The highest BCUT2D eigenvalue weighted by atomic mass is 16.6. The van der Waals surface area contributed by atoms with Crippen LogP contribution in [0.25, 0.3) is 0 Å². The Hall–Kier alpha value is -1.22. The molecule has 0 amide bonds. The Bertz CT molecular complexity index is 276. The van der Waals surface area contributed by atoms with Crippen LogP contribution in [-0.4, -0.2) is 79.0 Å². The van der Waals surface area contributed by atoms with Gasteiger partial charge in [0.25, 0.3) is 0 Å². The van der Waals surface area contributed by atoms with Crippen LogP contribution in [0, 0.1) is 0 Å². The molecule has 0 aliphatic rings. The molecular formula is C12H22O8. The lowest BCUT2D eigenvalue weighted by atomic mass is 10.0. The average molecular weight is 294 g/mol. The summed E-state index contributed by atoms with van der Waals surface area (Å²) < 4.78 is 29.8. The lowest BCUT2D eigenvalue weighted by Gasteiger charge is -2.32. The second-order valence-corrected chi connectivity index (χ2v) is 3.76. The molecule has 0 fully saturated rings. The summed E-state index contributed by atoms with van der Waals surface area (Å²) in [5.74, 6) is -1.30. The van der Waals surface area contributed by atoms with Crippen molar-refractivity contribution >= 4 is 11.9 Å². The minimum atomic E-state index is -1.07. The Labute approximate surface area is 118 Å². The van der Waals surface area contributed by atoms with Crippen LogP contribution in [0.1, 0.15) is 0 Å². The minimum Gasteiger partial charge on any atom is -0.467 e. The second kappa shape index (κ2) is 9.65. The predicted molar refractivity (Wildman–Crippen MR) is 67.2 cm³/mol. The van der Waals surface area contributed by atoms with E-state index in [9.17, 15) is 9.59 Å². The van der Waals surface area contributed by atoms with E-state index in [2.05, 4.69) is 9.47 Å². The first-order valence-electron chi connectivity index (χ1n) is 5.79. The number of rotatable bonds is 9. The molecule has 0 saturated carbocycles. The Morgan fingerprint density at radius 3 is 1.05 bits per heavy atom. The van der Waals surface area contributed by atoms with Crippen molar-refractivity contribution in [1.29, 1.82) is 0 Å². The maximum atomic E-state index is 11.7. The molecule has 4 atom stereocenters. The van der Waals surface area contributed by atoms with Gasteiger partial charge >= 0.3 is 11.9 Å². The van der Waals surface area contributed by atoms with Gasteiger partial charge in [-0.05, 0) is 0 Å². The van der Waals surface area contributed by atoms with Crippen molar-refractivity contribution < 1.29 is 38.0 Å². The van der Waals surface area contributed by atoms with Gasteiger partial charge in [-0.1, -0.05) is 0 Å². The summed E-state index contributed by atoms with van der Waals surface area (Å²) in [7, 11) is 7.79. The van der Waals surface area contributed by atoms with E-state index >= 15 is 0 Å². The molecule has 0 N–H and O–H groups in total. The maximum Gasteiger partial charge on any atom is 0.337 e. The molecule has 0 radical (unpaired) electrons. The predicted octanol–water partition coefficient (Wildman–Crippen LogP) is -0.608. The van der Waals surface area contributed by atoms with Crippen LogP contribution in [-0.2, 0) is 38.0 Å². The monoisotopic (exact) mass is 294 g/mol. The van der Waals surface area contributed by atoms with E-state index in [1.54, 1.807) is 0 Å². The molecule has 0 aromatic heterocycles. The molecule has 0 spiro atoms. The zero-order valence-corrected chi connectivity index (χ0v) is 12.6. The Morgan fingerprint density at radius 1 is 0.600 bits per heavy atom. The van der Waals surface area contributed by atoms with Crippen molar-refractivity contribution in [3.63, 3.8) is 0 Å². The van der Waals surface area contributed by atoms with Crippen molar-refractivity contribution in [1.82, 2.24) is 0 Å². The van der Waals surface area contributed by atoms with E-state index in [0.717, 1.165) is 0 Å². The minimum absolute atomic E-state index is 0.652. The Morgan fingerprint density at radius 2 is 0.900 bits per heavy atom. The molecule has 0 heterocycles. The highest BCUT2D eigenvalue weighted by Gasteiger charge is 2.43. The topological polar surface area (TPSA) is 89.5 Å². The third-order valence-corrected chi connectivity index (χ3v) is 2.84. The van der Waals surface area contributed by atoms with Crippen LogP contribution in [0.15, 0.2) is 0 Å². The molecule has 0 aliphatic carbocycles. The Balaban J connectivity index is 5.31. The second-order valence-electron chi connectivity index (χ2n) is 3.76. The summed E-state index contributed by atoms with van der Waals surface area (Å²) >= 11 is 0. The molecule has 118 valence electrons. The number of esters is 2. The molecule has 8 nitrogen and oxygen atoms in total. The third-order valence-electron chi connectivity index (χ3n) is 2.84. The fourth-order valence-corrected chi connectivity index (χ4v) is 1.82. The zero-order chi connectivity index (χ0) is 15.7. The highest BCUT2D eigenvalue weighted by molar-refractivity contribution is 5.77. The molecule has 0 bridgehead atoms. The van der Waals surface area contributed by atoms with Crippen molar-refractivity contribution in [3.05, 3.63) is 0 Å². The summed E-state index contributed by atoms with van der Waals surface area (Å²) in [6.07, 6.45) is -3.97. The summed E-state index contributed by atoms with van der Waals surface area (Å²) in [5, 5.41) is 0. The normalized spacial score (nSPS) is 16.9.